The van der Waals surface area contributed by atoms with Gasteiger partial charge in [0.25, 0.3) is 0 Å². The third-order valence-electron chi connectivity index (χ3n) is 2.61. The van der Waals surface area contributed by atoms with E-state index in [2.05, 4.69) is 5.32 Å². The van der Waals surface area contributed by atoms with Crippen LogP contribution in [0.15, 0.2) is 18.2 Å². The van der Waals surface area contributed by atoms with Crippen molar-refractivity contribution < 1.29 is 9.53 Å². The predicted octanol–water partition coefficient (Wildman–Crippen LogP) is 2.86. The minimum absolute atomic E-state index is 0. The van der Waals surface area contributed by atoms with Crippen LogP contribution in [0.1, 0.15) is 6.42 Å². The van der Waals surface area contributed by atoms with Crippen molar-refractivity contribution in [1.29, 1.82) is 0 Å². The third kappa shape index (κ3) is 6.18. The molecule has 4 nitrogen and oxygen atoms in total. The number of carbonyl (C=O) groups is 1. The van der Waals surface area contributed by atoms with Gasteiger partial charge in [-0.2, -0.15) is 0 Å². The summed E-state index contributed by atoms with van der Waals surface area (Å²) in [4.78, 5) is 13.4. The molecule has 0 bridgehead atoms. The van der Waals surface area contributed by atoms with E-state index in [1.54, 1.807) is 30.1 Å². The first-order valence-corrected chi connectivity index (χ1v) is 6.77. The molecule has 0 unspecified atom stereocenters. The number of carbonyl (C=O) groups excluding carboxylic acids is 1. The molecule has 1 aromatic carbocycles. The molecule has 1 rings (SSSR count). The molecule has 0 aliphatic rings. The fourth-order valence-electron chi connectivity index (χ4n) is 1.44. The van der Waals surface area contributed by atoms with Gasteiger partial charge in [-0.15, -0.1) is 12.4 Å². The Morgan fingerprint density at radius 2 is 2.10 bits per heavy atom. The van der Waals surface area contributed by atoms with Crippen LogP contribution in [0, 0.1) is 0 Å². The summed E-state index contributed by atoms with van der Waals surface area (Å²) in [5, 5.41) is 3.81. The average Bonchev–Trinajstić information content (AvgIpc) is 2.40. The van der Waals surface area contributed by atoms with Gasteiger partial charge in [0, 0.05) is 20.1 Å². The number of amides is 1. The second kappa shape index (κ2) is 10.1. The number of nitrogens with zero attached hydrogens (tertiary/aromatic N) is 1. The molecule has 0 radical (unpaired) electrons. The Morgan fingerprint density at radius 1 is 1.40 bits per heavy atom. The van der Waals surface area contributed by atoms with E-state index in [0.717, 1.165) is 6.54 Å². The highest BCUT2D eigenvalue weighted by Gasteiger charge is 2.10. The molecule has 0 atom stereocenters. The fraction of sp³-hybridized carbons (Fsp3) is 0.462. The highest BCUT2D eigenvalue weighted by atomic mass is 35.5. The van der Waals surface area contributed by atoms with E-state index in [9.17, 15) is 4.79 Å². The maximum Gasteiger partial charge on any atom is 0.225 e. The molecule has 7 heteroatoms. The standard InChI is InChI=1S/C13H18Cl2N2O2.ClH/c1-16-7-8-17(2)12(18)6-9-19-11-5-3-4-10(14)13(11)15;/h3-5,16H,6-9H2,1-2H3;1H. The van der Waals surface area contributed by atoms with Gasteiger partial charge >= 0.3 is 0 Å². The van der Waals surface area contributed by atoms with Crippen molar-refractivity contribution in [2.24, 2.45) is 0 Å². The second-order valence-electron chi connectivity index (χ2n) is 4.07. The molecule has 0 spiro atoms. The van der Waals surface area contributed by atoms with Crippen LogP contribution in [0.2, 0.25) is 10.0 Å². The SMILES string of the molecule is CNCCN(C)C(=O)CCOc1cccc(Cl)c1Cl.Cl. The Labute approximate surface area is 135 Å². The van der Waals surface area contributed by atoms with E-state index in [1.807, 2.05) is 7.05 Å². The Kier molecular flexibility index (Phi) is 9.76. The van der Waals surface area contributed by atoms with Gasteiger partial charge in [-0.1, -0.05) is 29.3 Å². The molecule has 114 valence electrons. The Bertz CT molecular complexity index is 430. The Hall–Kier alpha value is -0.680. The van der Waals surface area contributed by atoms with Crippen LogP contribution in [0.4, 0.5) is 0 Å². The molecule has 1 aromatic rings. The molecule has 0 aliphatic heterocycles. The summed E-state index contributed by atoms with van der Waals surface area (Å²) in [6, 6.07) is 5.17. The number of halogens is 3. The summed E-state index contributed by atoms with van der Waals surface area (Å²) in [6.45, 7) is 1.72. The summed E-state index contributed by atoms with van der Waals surface area (Å²) in [7, 11) is 3.62. The average molecular weight is 342 g/mol. The summed E-state index contributed by atoms with van der Waals surface area (Å²) < 4.78 is 5.46. The molecule has 0 saturated heterocycles. The summed E-state index contributed by atoms with van der Waals surface area (Å²) in [5.74, 6) is 0.535. The molecule has 0 fully saturated rings. The first-order chi connectivity index (χ1) is 9.06. The highest BCUT2D eigenvalue weighted by Crippen LogP contribution is 2.31. The van der Waals surface area contributed by atoms with Gasteiger partial charge in [0.1, 0.15) is 10.8 Å². The van der Waals surface area contributed by atoms with Crippen molar-refractivity contribution in [1.82, 2.24) is 10.2 Å². The number of benzene rings is 1. The fourth-order valence-corrected chi connectivity index (χ4v) is 1.79. The molecule has 1 amide bonds. The van der Waals surface area contributed by atoms with Gasteiger partial charge < -0.3 is 15.0 Å². The minimum Gasteiger partial charge on any atom is -0.491 e. The summed E-state index contributed by atoms with van der Waals surface area (Å²) in [6.07, 6.45) is 0.309. The van der Waals surface area contributed by atoms with E-state index in [-0.39, 0.29) is 24.9 Å². The Morgan fingerprint density at radius 3 is 2.75 bits per heavy atom. The van der Waals surface area contributed by atoms with Crippen molar-refractivity contribution in [3.8, 4) is 5.75 Å². The number of ether oxygens (including phenoxy) is 1. The number of hydrogen-bond donors (Lipinski definition) is 1. The van der Waals surface area contributed by atoms with Crippen molar-refractivity contribution in [3.05, 3.63) is 28.2 Å². The number of likely N-dealkylation sites (N-methyl/N-ethyl adjacent to an activating group) is 2. The van der Waals surface area contributed by atoms with Crippen LogP contribution < -0.4 is 10.1 Å². The largest absolute Gasteiger partial charge is 0.491 e. The van der Waals surface area contributed by atoms with Gasteiger partial charge in [-0.3, -0.25) is 4.79 Å². The molecule has 20 heavy (non-hydrogen) atoms. The maximum atomic E-state index is 11.8. The molecule has 0 heterocycles. The van der Waals surface area contributed by atoms with Crippen molar-refractivity contribution in [2.75, 3.05) is 33.8 Å². The van der Waals surface area contributed by atoms with E-state index in [4.69, 9.17) is 27.9 Å². The van der Waals surface area contributed by atoms with E-state index < -0.39 is 0 Å². The monoisotopic (exact) mass is 340 g/mol. The van der Waals surface area contributed by atoms with Gasteiger partial charge in [0.2, 0.25) is 5.91 Å². The highest BCUT2D eigenvalue weighted by molar-refractivity contribution is 6.42. The number of nitrogens with one attached hydrogen (secondary N) is 1. The van der Waals surface area contributed by atoms with Crippen molar-refractivity contribution in [2.45, 2.75) is 6.42 Å². The quantitative estimate of drug-likeness (QED) is 0.829. The lowest BCUT2D eigenvalue weighted by atomic mass is 10.3. The van der Waals surface area contributed by atoms with Crippen LogP contribution in [0.25, 0.3) is 0 Å². The van der Waals surface area contributed by atoms with E-state index >= 15 is 0 Å². The lowest BCUT2D eigenvalue weighted by Gasteiger charge is -2.17. The van der Waals surface area contributed by atoms with Gasteiger partial charge in [-0.05, 0) is 19.2 Å². The smallest absolute Gasteiger partial charge is 0.225 e. The van der Waals surface area contributed by atoms with Crippen LogP contribution >= 0.6 is 35.6 Å². The molecule has 0 aromatic heterocycles. The van der Waals surface area contributed by atoms with Gasteiger partial charge in [-0.25, -0.2) is 0 Å². The van der Waals surface area contributed by atoms with Gasteiger partial charge in [0.05, 0.1) is 18.1 Å². The lowest BCUT2D eigenvalue weighted by Crippen LogP contribution is -2.33. The summed E-state index contributed by atoms with van der Waals surface area (Å²) >= 11 is 11.8. The van der Waals surface area contributed by atoms with Crippen molar-refractivity contribution in [3.63, 3.8) is 0 Å². The molecule has 0 aliphatic carbocycles. The lowest BCUT2D eigenvalue weighted by molar-refractivity contribution is -0.130. The molecule has 1 N–H and O–H groups in total. The minimum atomic E-state index is 0. The third-order valence-corrected chi connectivity index (χ3v) is 3.41. The maximum absolute atomic E-state index is 11.8. The molecular formula is C13H19Cl3N2O2. The molecular weight excluding hydrogens is 323 g/mol. The first kappa shape index (κ1) is 19.3. The van der Waals surface area contributed by atoms with Crippen LogP contribution in [0.3, 0.4) is 0 Å². The zero-order chi connectivity index (χ0) is 14.3. The van der Waals surface area contributed by atoms with E-state index in [0.29, 0.717) is 28.8 Å². The molecule has 0 saturated carbocycles. The van der Waals surface area contributed by atoms with Crippen LogP contribution in [-0.2, 0) is 4.79 Å². The zero-order valence-electron chi connectivity index (χ0n) is 11.5. The topological polar surface area (TPSA) is 41.6 Å². The van der Waals surface area contributed by atoms with Crippen molar-refractivity contribution >= 4 is 41.5 Å². The number of rotatable bonds is 7. The Balaban J connectivity index is 0.00000361. The van der Waals surface area contributed by atoms with Crippen LogP contribution in [0.5, 0.6) is 5.75 Å². The van der Waals surface area contributed by atoms with E-state index in [1.165, 1.54) is 0 Å². The van der Waals surface area contributed by atoms with Gasteiger partial charge in [0.15, 0.2) is 0 Å². The normalized spacial score (nSPS) is 9.80. The summed E-state index contributed by atoms with van der Waals surface area (Å²) in [5.41, 5.74) is 0. The number of hydrogen-bond acceptors (Lipinski definition) is 3. The van der Waals surface area contributed by atoms with Crippen LogP contribution in [-0.4, -0.2) is 44.6 Å². The first-order valence-electron chi connectivity index (χ1n) is 6.01. The second-order valence-corrected chi connectivity index (χ2v) is 4.85. The zero-order valence-corrected chi connectivity index (χ0v) is 13.8. The predicted molar refractivity (Wildman–Crippen MR) is 85.4 cm³/mol.